The van der Waals surface area contributed by atoms with Crippen molar-refractivity contribution in [2.24, 2.45) is 11.7 Å². The number of rotatable bonds is 2. The predicted molar refractivity (Wildman–Crippen MR) is 66.6 cm³/mol. The lowest BCUT2D eigenvalue weighted by molar-refractivity contribution is 0.374. The van der Waals surface area contributed by atoms with Crippen LogP contribution >= 0.6 is 0 Å². The van der Waals surface area contributed by atoms with Gasteiger partial charge in [0.1, 0.15) is 5.75 Å². The van der Waals surface area contributed by atoms with E-state index in [1.54, 1.807) is 7.11 Å². The molecule has 2 N–H and O–H groups in total. The van der Waals surface area contributed by atoms with Crippen LogP contribution < -0.4 is 10.5 Å². The second-order valence-corrected chi connectivity index (χ2v) is 5.21. The molecule has 0 saturated heterocycles. The summed E-state index contributed by atoms with van der Waals surface area (Å²) in [5.74, 6) is 1.65. The van der Waals surface area contributed by atoms with E-state index >= 15 is 0 Å². The molecule has 1 saturated carbocycles. The molecule has 0 radical (unpaired) electrons. The molecule has 1 aromatic carbocycles. The Morgan fingerprint density at radius 1 is 1.44 bits per heavy atom. The number of ether oxygens (including phenoxy) is 1. The van der Waals surface area contributed by atoms with E-state index in [-0.39, 0.29) is 5.54 Å². The molecule has 0 amide bonds. The molecule has 1 aliphatic rings. The molecule has 2 unspecified atom stereocenters. The zero-order chi connectivity index (χ0) is 11.8. The minimum absolute atomic E-state index is 0.184. The second kappa shape index (κ2) is 4.10. The van der Waals surface area contributed by atoms with Gasteiger partial charge in [-0.25, -0.2) is 0 Å². The molecular weight excluding hydrogens is 198 g/mol. The van der Waals surface area contributed by atoms with Crippen molar-refractivity contribution in [3.05, 3.63) is 29.3 Å². The third-order valence-electron chi connectivity index (χ3n) is 3.69. The first-order valence-corrected chi connectivity index (χ1v) is 5.99. The van der Waals surface area contributed by atoms with Crippen LogP contribution in [-0.2, 0) is 5.54 Å². The van der Waals surface area contributed by atoms with E-state index in [1.165, 1.54) is 17.5 Å². The SMILES string of the molecule is COc1ccc(C)cc1C1(N)CCC(C)C1. The van der Waals surface area contributed by atoms with Gasteiger partial charge in [0.05, 0.1) is 7.11 Å². The molecule has 16 heavy (non-hydrogen) atoms. The third-order valence-corrected chi connectivity index (χ3v) is 3.69. The predicted octanol–water partition coefficient (Wildman–Crippen LogP) is 2.98. The molecule has 0 spiro atoms. The van der Waals surface area contributed by atoms with Crippen molar-refractivity contribution < 1.29 is 4.74 Å². The Kier molecular flexibility index (Phi) is 2.94. The third kappa shape index (κ3) is 1.94. The van der Waals surface area contributed by atoms with Crippen molar-refractivity contribution in [1.82, 2.24) is 0 Å². The van der Waals surface area contributed by atoms with Crippen molar-refractivity contribution in [3.63, 3.8) is 0 Å². The maximum atomic E-state index is 6.54. The summed E-state index contributed by atoms with van der Waals surface area (Å²) in [6.07, 6.45) is 3.34. The van der Waals surface area contributed by atoms with Gasteiger partial charge in [0.2, 0.25) is 0 Å². The normalized spacial score (nSPS) is 29.4. The number of methoxy groups -OCH3 is 1. The fraction of sp³-hybridized carbons (Fsp3) is 0.571. The highest BCUT2D eigenvalue weighted by atomic mass is 16.5. The monoisotopic (exact) mass is 219 g/mol. The molecule has 2 rings (SSSR count). The number of hydrogen-bond acceptors (Lipinski definition) is 2. The van der Waals surface area contributed by atoms with Crippen LogP contribution in [0.4, 0.5) is 0 Å². The summed E-state index contributed by atoms with van der Waals surface area (Å²) < 4.78 is 5.43. The molecule has 1 aliphatic carbocycles. The molecule has 88 valence electrons. The lowest BCUT2D eigenvalue weighted by atomic mass is 9.87. The summed E-state index contributed by atoms with van der Waals surface area (Å²) in [7, 11) is 1.72. The van der Waals surface area contributed by atoms with E-state index < -0.39 is 0 Å². The molecule has 1 aromatic rings. The Morgan fingerprint density at radius 3 is 2.75 bits per heavy atom. The zero-order valence-corrected chi connectivity index (χ0v) is 10.4. The van der Waals surface area contributed by atoms with Crippen LogP contribution in [0.5, 0.6) is 5.75 Å². The number of benzene rings is 1. The van der Waals surface area contributed by atoms with Gasteiger partial charge in [-0.2, -0.15) is 0 Å². The standard InChI is InChI=1S/C14H21NO/c1-10-4-5-13(16-3)12(8-10)14(15)7-6-11(2)9-14/h4-5,8,11H,6-7,9,15H2,1-3H3. The van der Waals surface area contributed by atoms with E-state index in [4.69, 9.17) is 10.5 Å². The minimum atomic E-state index is -0.184. The van der Waals surface area contributed by atoms with Crippen molar-refractivity contribution in [1.29, 1.82) is 0 Å². The Labute approximate surface area is 97.8 Å². The highest BCUT2D eigenvalue weighted by Crippen LogP contribution is 2.43. The summed E-state index contributed by atoms with van der Waals surface area (Å²) >= 11 is 0. The molecule has 0 heterocycles. The van der Waals surface area contributed by atoms with Gasteiger partial charge in [0.15, 0.2) is 0 Å². The van der Waals surface area contributed by atoms with E-state index in [2.05, 4.69) is 26.0 Å². The van der Waals surface area contributed by atoms with Crippen LogP contribution in [0, 0.1) is 12.8 Å². The molecule has 2 atom stereocenters. The molecule has 0 aliphatic heterocycles. The van der Waals surface area contributed by atoms with Crippen LogP contribution in [0.15, 0.2) is 18.2 Å². The van der Waals surface area contributed by atoms with E-state index in [9.17, 15) is 0 Å². The Balaban J connectivity index is 2.42. The lowest BCUT2D eigenvalue weighted by Gasteiger charge is -2.27. The van der Waals surface area contributed by atoms with Gasteiger partial charge >= 0.3 is 0 Å². The number of nitrogens with two attached hydrogens (primary N) is 1. The van der Waals surface area contributed by atoms with Crippen molar-refractivity contribution in [3.8, 4) is 5.75 Å². The molecule has 1 fully saturated rings. The molecule has 2 heteroatoms. The van der Waals surface area contributed by atoms with E-state index in [1.807, 2.05) is 6.07 Å². The Morgan fingerprint density at radius 2 is 2.19 bits per heavy atom. The van der Waals surface area contributed by atoms with Gasteiger partial charge in [-0.05, 0) is 38.2 Å². The largest absolute Gasteiger partial charge is 0.496 e. The molecule has 0 aromatic heterocycles. The summed E-state index contributed by atoms with van der Waals surface area (Å²) in [4.78, 5) is 0. The van der Waals surface area contributed by atoms with Crippen LogP contribution in [0.1, 0.15) is 37.3 Å². The zero-order valence-electron chi connectivity index (χ0n) is 10.4. The van der Waals surface area contributed by atoms with Crippen LogP contribution in [0.2, 0.25) is 0 Å². The van der Waals surface area contributed by atoms with Gasteiger partial charge in [-0.15, -0.1) is 0 Å². The fourth-order valence-corrected chi connectivity index (χ4v) is 2.79. The average molecular weight is 219 g/mol. The summed E-state index contributed by atoms with van der Waals surface area (Å²) in [6.45, 7) is 4.38. The highest BCUT2D eigenvalue weighted by Gasteiger charge is 2.37. The summed E-state index contributed by atoms with van der Waals surface area (Å²) in [5.41, 5.74) is 8.78. The molecule has 2 nitrogen and oxygen atoms in total. The van der Waals surface area contributed by atoms with E-state index in [0.29, 0.717) is 0 Å². The van der Waals surface area contributed by atoms with Crippen LogP contribution in [0.25, 0.3) is 0 Å². The van der Waals surface area contributed by atoms with Gasteiger partial charge in [0, 0.05) is 11.1 Å². The molecular formula is C14H21NO. The fourth-order valence-electron chi connectivity index (χ4n) is 2.79. The van der Waals surface area contributed by atoms with Gasteiger partial charge in [-0.1, -0.05) is 24.6 Å². The minimum Gasteiger partial charge on any atom is -0.496 e. The van der Waals surface area contributed by atoms with Gasteiger partial charge in [-0.3, -0.25) is 0 Å². The number of aryl methyl sites for hydroxylation is 1. The smallest absolute Gasteiger partial charge is 0.123 e. The summed E-state index contributed by atoms with van der Waals surface area (Å²) in [5, 5.41) is 0. The topological polar surface area (TPSA) is 35.2 Å². The van der Waals surface area contributed by atoms with Gasteiger partial charge in [0.25, 0.3) is 0 Å². The maximum Gasteiger partial charge on any atom is 0.123 e. The van der Waals surface area contributed by atoms with Crippen molar-refractivity contribution in [2.75, 3.05) is 7.11 Å². The molecule has 0 bridgehead atoms. The van der Waals surface area contributed by atoms with Crippen molar-refractivity contribution in [2.45, 2.75) is 38.6 Å². The van der Waals surface area contributed by atoms with E-state index in [0.717, 1.165) is 24.5 Å². The first kappa shape index (κ1) is 11.5. The average Bonchev–Trinajstić information content (AvgIpc) is 2.60. The quantitative estimate of drug-likeness (QED) is 0.830. The lowest BCUT2D eigenvalue weighted by Crippen LogP contribution is -2.34. The van der Waals surface area contributed by atoms with Crippen molar-refractivity contribution >= 4 is 0 Å². The first-order chi connectivity index (χ1) is 7.55. The summed E-state index contributed by atoms with van der Waals surface area (Å²) in [6, 6.07) is 6.28. The van der Waals surface area contributed by atoms with Crippen LogP contribution in [-0.4, -0.2) is 7.11 Å². The maximum absolute atomic E-state index is 6.54. The second-order valence-electron chi connectivity index (χ2n) is 5.21. The number of hydrogen-bond donors (Lipinski definition) is 1. The Bertz CT molecular complexity index is 388. The Hall–Kier alpha value is -1.02. The first-order valence-electron chi connectivity index (χ1n) is 5.99. The van der Waals surface area contributed by atoms with Gasteiger partial charge < -0.3 is 10.5 Å². The highest BCUT2D eigenvalue weighted by molar-refractivity contribution is 5.42. The van der Waals surface area contributed by atoms with Crippen LogP contribution in [0.3, 0.4) is 0 Å².